The van der Waals surface area contributed by atoms with Crippen molar-refractivity contribution >= 4 is 44.9 Å². The number of rotatable bonds is 3. The van der Waals surface area contributed by atoms with Crippen molar-refractivity contribution in [1.29, 1.82) is 0 Å². The van der Waals surface area contributed by atoms with Crippen molar-refractivity contribution < 1.29 is 9.90 Å². The van der Waals surface area contributed by atoms with Crippen LogP contribution in [0.2, 0.25) is 5.02 Å². The molecule has 0 spiro atoms. The zero-order chi connectivity index (χ0) is 14.8. The summed E-state index contributed by atoms with van der Waals surface area (Å²) in [6.45, 7) is 0. The van der Waals surface area contributed by atoms with E-state index in [1.807, 2.05) is 29.6 Å². The van der Waals surface area contributed by atoms with Gasteiger partial charge in [0, 0.05) is 9.72 Å². The zero-order valence-electron chi connectivity index (χ0n) is 10.9. The van der Waals surface area contributed by atoms with Crippen molar-refractivity contribution in [3.63, 3.8) is 0 Å². The Hall–Kier alpha value is -2.10. The first-order valence-electron chi connectivity index (χ1n) is 6.32. The summed E-state index contributed by atoms with van der Waals surface area (Å²) < 4.78 is 1.18. The van der Waals surface area contributed by atoms with E-state index in [1.165, 1.54) is 22.9 Å². The van der Waals surface area contributed by atoms with E-state index in [-0.39, 0.29) is 17.1 Å². The summed E-state index contributed by atoms with van der Waals surface area (Å²) in [7, 11) is 0. The number of fused-ring (bicyclic) bond motifs is 1. The third-order valence-corrected chi connectivity index (χ3v) is 4.37. The van der Waals surface area contributed by atoms with Crippen molar-refractivity contribution in [2.24, 2.45) is 0 Å². The number of carbonyl (C=O) groups is 1. The van der Waals surface area contributed by atoms with Gasteiger partial charge >= 0.3 is 0 Å². The zero-order valence-corrected chi connectivity index (χ0v) is 12.5. The third-order valence-electron chi connectivity index (χ3n) is 3.15. The Balaban J connectivity index is 1.92. The van der Waals surface area contributed by atoms with Gasteiger partial charge in [-0.15, -0.1) is 11.3 Å². The summed E-state index contributed by atoms with van der Waals surface area (Å²) in [4.78, 5) is 12.1. The molecular weight excluding hydrogens is 304 g/mol. The second-order valence-electron chi connectivity index (χ2n) is 4.55. The van der Waals surface area contributed by atoms with Gasteiger partial charge in [-0.05, 0) is 52.7 Å². The van der Waals surface area contributed by atoms with Crippen molar-refractivity contribution in [3.8, 4) is 5.75 Å². The Morgan fingerprint density at radius 1 is 1.19 bits per heavy atom. The molecule has 0 radical (unpaired) electrons. The molecule has 0 fully saturated rings. The van der Waals surface area contributed by atoms with Crippen molar-refractivity contribution in [2.45, 2.75) is 0 Å². The van der Waals surface area contributed by atoms with Gasteiger partial charge in [0.2, 0.25) is 0 Å². The molecule has 0 amide bonds. The van der Waals surface area contributed by atoms with Crippen LogP contribution in [0.25, 0.3) is 16.2 Å². The van der Waals surface area contributed by atoms with E-state index in [0.29, 0.717) is 5.02 Å². The van der Waals surface area contributed by atoms with Crippen LogP contribution in [0.15, 0.2) is 53.9 Å². The molecule has 2 aromatic carbocycles. The van der Waals surface area contributed by atoms with Crippen LogP contribution >= 0.6 is 22.9 Å². The van der Waals surface area contributed by atoms with Gasteiger partial charge in [0.15, 0.2) is 5.78 Å². The lowest BCUT2D eigenvalue weighted by Gasteiger charge is -2.00. The number of aromatic hydroxyl groups is 1. The molecule has 0 atom stereocenters. The number of benzene rings is 2. The van der Waals surface area contributed by atoms with Gasteiger partial charge in [-0.1, -0.05) is 29.8 Å². The smallest absolute Gasteiger partial charge is 0.189 e. The van der Waals surface area contributed by atoms with Gasteiger partial charge in [-0.2, -0.15) is 0 Å². The summed E-state index contributed by atoms with van der Waals surface area (Å²) in [6, 6.07) is 12.5. The van der Waals surface area contributed by atoms with Crippen LogP contribution in [0.5, 0.6) is 5.75 Å². The van der Waals surface area contributed by atoms with Gasteiger partial charge < -0.3 is 5.11 Å². The second-order valence-corrected chi connectivity index (χ2v) is 5.89. The Morgan fingerprint density at radius 3 is 2.86 bits per heavy atom. The summed E-state index contributed by atoms with van der Waals surface area (Å²) in [5, 5.41) is 13.3. The SMILES string of the molecule is O=C(/C=C/c1csc2ccccc12)c1cc(Cl)ccc1O. The lowest BCUT2D eigenvalue weighted by atomic mass is 10.1. The summed E-state index contributed by atoms with van der Waals surface area (Å²) in [6.07, 6.45) is 3.22. The highest BCUT2D eigenvalue weighted by molar-refractivity contribution is 7.17. The third kappa shape index (κ3) is 2.84. The van der Waals surface area contributed by atoms with Gasteiger partial charge in [-0.25, -0.2) is 0 Å². The van der Waals surface area contributed by atoms with Gasteiger partial charge in [-0.3, -0.25) is 4.79 Å². The Morgan fingerprint density at radius 2 is 2.00 bits per heavy atom. The summed E-state index contributed by atoms with van der Waals surface area (Å²) >= 11 is 7.49. The fourth-order valence-electron chi connectivity index (χ4n) is 2.09. The number of phenolic OH excluding ortho intramolecular Hbond substituents is 1. The highest BCUT2D eigenvalue weighted by Gasteiger charge is 2.09. The lowest BCUT2D eigenvalue weighted by molar-refractivity contribution is 0.104. The number of phenols is 1. The maximum absolute atomic E-state index is 12.1. The fourth-order valence-corrected chi connectivity index (χ4v) is 3.19. The minimum atomic E-state index is -0.273. The molecule has 1 heterocycles. The van der Waals surface area contributed by atoms with E-state index in [1.54, 1.807) is 23.5 Å². The number of hydrogen-bond acceptors (Lipinski definition) is 3. The summed E-state index contributed by atoms with van der Waals surface area (Å²) in [5.74, 6) is -0.338. The number of ketones is 1. The molecule has 21 heavy (non-hydrogen) atoms. The fraction of sp³-hybridized carbons (Fsp3) is 0. The van der Waals surface area contributed by atoms with Gasteiger partial charge in [0.25, 0.3) is 0 Å². The molecule has 0 bridgehead atoms. The van der Waals surface area contributed by atoms with E-state index >= 15 is 0 Å². The average Bonchev–Trinajstić information content (AvgIpc) is 2.90. The molecule has 0 aliphatic heterocycles. The van der Waals surface area contributed by atoms with Crippen LogP contribution in [-0.2, 0) is 0 Å². The quantitative estimate of drug-likeness (QED) is 0.536. The number of hydrogen-bond donors (Lipinski definition) is 1. The minimum absolute atomic E-state index is 0.0655. The molecule has 0 unspecified atom stereocenters. The van der Waals surface area contributed by atoms with E-state index in [2.05, 4.69) is 0 Å². The predicted molar refractivity (Wildman–Crippen MR) is 88.3 cm³/mol. The maximum Gasteiger partial charge on any atom is 0.189 e. The molecular formula is C17H11ClO2S. The number of halogens is 1. The molecule has 0 aliphatic rings. The molecule has 1 aromatic heterocycles. The molecule has 3 rings (SSSR count). The monoisotopic (exact) mass is 314 g/mol. The highest BCUT2D eigenvalue weighted by Crippen LogP contribution is 2.27. The molecule has 104 valence electrons. The summed E-state index contributed by atoms with van der Waals surface area (Å²) in [5.41, 5.74) is 1.20. The maximum atomic E-state index is 12.1. The first kappa shape index (κ1) is 13.9. The Bertz CT molecular complexity index is 849. The number of thiophene rings is 1. The molecule has 2 nitrogen and oxygen atoms in total. The Kier molecular flexibility index (Phi) is 3.78. The van der Waals surface area contributed by atoms with Crippen LogP contribution in [0, 0.1) is 0 Å². The average molecular weight is 315 g/mol. The Labute approximate surface area is 130 Å². The molecule has 4 heteroatoms. The first-order valence-corrected chi connectivity index (χ1v) is 7.58. The topological polar surface area (TPSA) is 37.3 Å². The van der Waals surface area contributed by atoms with Gasteiger partial charge in [0.1, 0.15) is 5.75 Å². The molecule has 0 saturated heterocycles. The molecule has 1 N–H and O–H groups in total. The van der Waals surface area contributed by atoms with E-state index in [4.69, 9.17) is 11.6 Å². The normalized spacial score (nSPS) is 11.3. The molecule has 3 aromatic rings. The largest absolute Gasteiger partial charge is 0.507 e. The van der Waals surface area contributed by atoms with Crippen LogP contribution in [0.4, 0.5) is 0 Å². The molecule has 0 saturated carbocycles. The highest BCUT2D eigenvalue weighted by atomic mass is 35.5. The second kappa shape index (κ2) is 5.72. The lowest BCUT2D eigenvalue weighted by Crippen LogP contribution is -1.94. The predicted octanol–water partition coefficient (Wildman–Crippen LogP) is 5.16. The van der Waals surface area contributed by atoms with Crippen molar-refractivity contribution in [3.05, 3.63) is 70.1 Å². The van der Waals surface area contributed by atoms with E-state index < -0.39 is 0 Å². The standard InChI is InChI=1S/C17H11ClO2S/c18-12-6-8-16(20)14(9-12)15(19)7-5-11-10-21-17-4-2-1-3-13(11)17/h1-10,20H/b7-5+. The molecule has 0 aliphatic carbocycles. The minimum Gasteiger partial charge on any atom is -0.507 e. The first-order chi connectivity index (χ1) is 10.1. The van der Waals surface area contributed by atoms with Gasteiger partial charge in [0.05, 0.1) is 5.56 Å². The van der Waals surface area contributed by atoms with E-state index in [9.17, 15) is 9.90 Å². The van der Waals surface area contributed by atoms with Crippen molar-refractivity contribution in [1.82, 2.24) is 0 Å². The number of allylic oxidation sites excluding steroid dienone is 1. The van der Waals surface area contributed by atoms with Crippen LogP contribution < -0.4 is 0 Å². The van der Waals surface area contributed by atoms with Crippen molar-refractivity contribution in [2.75, 3.05) is 0 Å². The number of carbonyl (C=O) groups excluding carboxylic acids is 1. The van der Waals surface area contributed by atoms with Crippen LogP contribution in [0.1, 0.15) is 15.9 Å². The van der Waals surface area contributed by atoms with Crippen LogP contribution in [-0.4, -0.2) is 10.9 Å². The van der Waals surface area contributed by atoms with E-state index in [0.717, 1.165) is 10.9 Å². The van der Waals surface area contributed by atoms with Crippen LogP contribution in [0.3, 0.4) is 0 Å².